The smallest absolute Gasteiger partial charge is 0.306 e. The van der Waals surface area contributed by atoms with Crippen LogP contribution >= 0.6 is 0 Å². The maximum atomic E-state index is 14.6. The molecule has 0 amide bonds. The molecule has 0 unspecified atom stereocenters. The monoisotopic (exact) mass is 447 g/mol. The number of ether oxygens (including phenoxy) is 2. The quantitative estimate of drug-likeness (QED) is 0.386. The third-order valence-electron chi connectivity index (χ3n) is 5.90. The summed E-state index contributed by atoms with van der Waals surface area (Å²) in [6.07, 6.45) is 2.64. The number of benzene rings is 3. The van der Waals surface area contributed by atoms with E-state index >= 15 is 0 Å². The number of carbonyl (C=O) groups is 1. The number of rotatable bonds is 9. The van der Waals surface area contributed by atoms with E-state index in [1.54, 1.807) is 13.0 Å². The van der Waals surface area contributed by atoms with Crippen LogP contribution in [-0.4, -0.2) is 19.1 Å². The Morgan fingerprint density at radius 3 is 2.67 bits per heavy atom. The first-order chi connectivity index (χ1) is 16.1. The van der Waals surface area contributed by atoms with Gasteiger partial charge >= 0.3 is 5.97 Å². The van der Waals surface area contributed by atoms with Crippen LogP contribution in [0.3, 0.4) is 0 Å². The molecule has 4 nitrogen and oxygen atoms in total. The van der Waals surface area contributed by atoms with Gasteiger partial charge in [0.1, 0.15) is 18.2 Å². The highest BCUT2D eigenvalue weighted by Gasteiger charge is 2.21. The number of para-hydroxylation sites is 1. The Hall–Kier alpha value is -3.34. The number of carbonyl (C=O) groups excluding carboxylic acids is 1. The van der Waals surface area contributed by atoms with Crippen molar-refractivity contribution in [1.29, 1.82) is 0 Å². The first kappa shape index (κ1) is 22.8. The predicted molar refractivity (Wildman–Crippen MR) is 128 cm³/mol. The van der Waals surface area contributed by atoms with Gasteiger partial charge < -0.3 is 14.4 Å². The van der Waals surface area contributed by atoms with Crippen LogP contribution in [0.2, 0.25) is 0 Å². The van der Waals surface area contributed by atoms with Crippen LogP contribution in [0.4, 0.5) is 10.1 Å². The van der Waals surface area contributed by atoms with Gasteiger partial charge in [0.15, 0.2) is 0 Å². The second-order valence-corrected chi connectivity index (χ2v) is 8.29. The lowest BCUT2D eigenvalue weighted by atomic mass is 10.00. The fourth-order valence-electron chi connectivity index (χ4n) is 4.29. The Morgan fingerprint density at radius 2 is 1.88 bits per heavy atom. The standard InChI is InChI=1S/C28H30FNO3/c1-2-32-27(31)16-15-23-14-13-22(18-25(23)29)20-33-26-12-6-10-24-11-7-17-30(28(24)26)19-21-8-4-3-5-9-21/h3-6,8-10,12-14,18H,2,7,11,15-17,19-20H2,1H3. The van der Waals surface area contributed by atoms with Gasteiger partial charge in [0.2, 0.25) is 0 Å². The number of halogens is 1. The third kappa shape index (κ3) is 5.92. The van der Waals surface area contributed by atoms with Crippen molar-refractivity contribution in [3.05, 3.63) is 94.8 Å². The molecule has 172 valence electrons. The van der Waals surface area contributed by atoms with E-state index in [9.17, 15) is 9.18 Å². The van der Waals surface area contributed by atoms with Gasteiger partial charge in [-0.3, -0.25) is 4.79 Å². The Kier molecular flexibility index (Phi) is 7.61. The molecule has 33 heavy (non-hydrogen) atoms. The molecule has 1 aliphatic rings. The van der Waals surface area contributed by atoms with E-state index in [4.69, 9.17) is 9.47 Å². The molecule has 1 aliphatic heterocycles. The minimum Gasteiger partial charge on any atom is -0.487 e. The summed E-state index contributed by atoms with van der Waals surface area (Å²) in [6.45, 7) is 4.19. The molecule has 0 saturated heterocycles. The molecule has 0 spiro atoms. The summed E-state index contributed by atoms with van der Waals surface area (Å²) in [4.78, 5) is 13.9. The predicted octanol–water partition coefficient (Wildman–Crippen LogP) is 5.85. The van der Waals surface area contributed by atoms with E-state index in [1.807, 2.05) is 24.3 Å². The van der Waals surface area contributed by atoms with Crippen LogP contribution in [0, 0.1) is 5.82 Å². The van der Waals surface area contributed by atoms with Crippen LogP contribution in [-0.2, 0) is 35.5 Å². The summed E-state index contributed by atoms with van der Waals surface area (Å²) in [7, 11) is 0. The zero-order valence-electron chi connectivity index (χ0n) is 19.1. The number of esters is 1. The molecule has 0 aliphatic carbocycles. The Bertz CT molecular complexity index is 1080. The first-order valence-electron chi connectivity index (χ1n) is 11.6. The van der Waals surface area contributed by atoms with Gasteiger partial charge in [0.05, 0.1) is 12.3 Å². The topological polar surface area (TPSA) is 38.8 Å². The number of anilines is 1. The molecule has 3 aromatic carbocycles. The zero-order chi connectivity index (χ0) is 23.0. The molecule has 5 heteroatoms. The van der Waals surface area contributed by atoms with E-state index in [-0.39, 0.29) is 24.8 Å². The highest BCUT2D eigenvalue weighted by molar-refractivity contribution is 5.69. The van der Waals surface area contributed by atoms with E-state index in [2.05, 4.69) is 35.2 Å². The average molecular weight is 448 g/mol. The van der Waals surface area contributed by atoms with Crippen molar-refractivity contribution in [3.8, 4) is 5.75 Å². The van der Waals surface area contributed by atoms with Crippen molar-refractivity contribution < 1.29 is 18.7 Å². The van der Waals surface area contributed by atoms with E-state index in [0.29, 0.717) is 18.6 Å². The first-order valence-corrected chi connectivity index (χ1v) is 11.6. The summed E-state index contributed by atoms with van der Waals surface area (Å²) < 4.78 is 25.7. The van der Waals surface area contributed by atoms with Crippen molar-refractivity contribution in [1.82, 2.24) is 0 Å². The fraction of sp³-hybridized carbons (Fsp3) is 0.321. The lowest BCUT2D eigenvalue weighted by Crippen LogP contribution is -2.29. The van der Waals surface area contributed by atoms with Gasteiger partial charge in [-0.05, 0) is 60.6 Å². The Morgan fingerprint density at radius 1 is 1.03 bits per heavy atom. The van der Waals surface area contributed by atoms with E-state index in [1.165, 1.54) is 17.2 Å². The molecule has 0 radical (unpaired) electrons. The van der Waals surface area contributed by atoms with Gasteiger partial charge in [0.25, 0.3) is 0 Å². The molecule has 0 N–H and O–H groups in total. The summed E-state index contributed by atoms with van der Waals surface area (Å²) in [5.41, 5.74) is 4.96. The Labute approximate surface area is 195 Å². The van der Waals surface area contributed by atoms with Gasteiger partial charge in [-0.2, -0.15) is 0 Å². The van der Waals surface area contributed by atoms with Crippen LogP contribution in [0.15, 0.2) is 66.7 Å². The summed E-state index contributed by atoms with van der Waals surface area (Å²) >= 11 is 0. The molecule has 0 bridgehead atoms. The lowest BCUT2D eigenvalue weighted by molar-refractivity contribution is -0.143. The highest BCUT2D eigenvalue weighted by Crippen LogP contribution is 2.37. The molecular formula is C28H30FNO3. The van der Waals surface area contributed by atoms with Crippen molar-refractivity contribution in [2.75, 3.05) is 18.1 Å². The van der Waals surface area contributed by atoms with E-state index < -0.39 is 0 Å². The third-order valence-corrected chi connectivity index (χ3v) is 5.90. The van der Waals surface area contributed by atoms with Crippen molar-refractivity contribution in [2.24, 2.45) is 0 Å². The van der Waals surface area contributed by atoms with Gasteiger partial charge in [-0.15, -0.1) is 0 Å². The molecule has 1 heterocycles. The maximum absolute atomic E-state index is 14.6. The minimum absolute atomic E-state index is 0.175. The number of aryl methyl sites for hydroxylation is 2. The summed E-state index contributed by atoms with van der Waals surface area (Å²) in [6, 6.07) is 21.7. The largest absolute Gasteiger partial charge is 0.487 e. The minimum atomic E-state index is -0.318. The van der Waals surface area contributed by atoms with Crippen LogP contribution in [0.5, 0.6) is 5.75 Å². The highest BCUT2D eigenvalue weighted by atomic mass is 19.1. The molecule has 0 atom stereocenters. The maximum Gasteiger partial charge on any atom is 0.306 e. The number of nitrogens with zero attached hydrogens (tertiary/aromatic N) is 1. The molecule has 3 aromatic rings. The SMILES string of the molecule is CCOC(=O)CCc1ccc(COc2cccc3c2N(Cc2ccccc2)CCC3)cc1F. The average Bonchev–Trinajstić information content (AvgIpc) is 2.83. The zero-order valence-corrected chi connectivity index (χ0v) is 19.1. The van der Waals surface area contributed by atoms with Gasteiger partial charge in [-0.1, -0.05) is 54.6 Å². The normalized spacial score (nSPS) is 12.8. The molecule has 0 fully saturated rings. The lowest BCUT2D eigenvalue weighted by Gasteiger charge is -2.33. The molecule has 0 aromatic heterocycles. The fourth-order valence-corrected chi connectivity index (χ4v) is 4.29. The number of fused-ring (bicyclic) bond motifs is 1. The Balaban J connectivity index is 1.45. The molecular weight excluding hydrogens is 417 g/mol. The summed E-state index contributed by atoms with van der Waals surface area (Å²) in [5, 5.41) is 0. The van der Waals surface area contributed by atoms with Crippen LogP contribution < -0.4 is 9.64 Å². The molecule has 0 saturated carbocycles. The van der Waals surface area contributed by atoms with Crippen molar-refractivity contribution in [2.45, 2.75) is 45.8 Å². The van der Waals surface area contributed by atoms with Crippen molar-refractivity contribution in [3.63, 3.8) is 0 Å². The second kappa shape index (κ2) is 11.0. The van der Waals surface area contributed by atoms with Crippen LogP contribution in [0.1, 0.15) is 42.0 Å². The number of hydrogen-bond acceptors (Lipinski definition) is 4. The van der Waals surface area contributed by atoms with E-state index in [0.717, 1.165) is 42.9 Å². The van der Waals surface area contributed by atoms with Gasteiger partial charge in [0, 0.05) is 19.5 Å². The summed E-state index contributed by atoms with van der Waals surface area (Å²) in [5.74, 6) is 0.203. The number of hydrogen-bond donors (Lipinski definition) is 0. The second-order valence-electron chi connectivity index (χ2n) is 8.29. The molecule has 4 rings (SSSR count). The van der Waals surface area contributed by atoms with Crippen molar-refractivity contribution >= 4 is 11.7 Å². The van der Waals surface area contributed by atoms with Crippen LogP contribution in [0.25, 0.3) is 0 Å². The van der Waals surface area contributed by atoms with Gasteiger partial charge in [-0.25, -0.2) is 4.39 Å².